The zero-order valence-electron chi connectivity index (χ0n) is 15.4. The van der Waals surface area contributed by atoms with E-state index in [2.05, 4.69) is 20.2 Å². The van der Waals surface area contributed by atoms with Crippen molar-refractivity contribution in [2.45, 2.75) is 31.2 Å². The van der Waals surface area contributed by atoms with Crippen molar-refractivity contribution < 1.29 is 9.53 Å². The van der Waals surface area contributed by atoms with Crippen molar-refractivity contribution >= 4 is 44.9 Å². The molecule has 1 N–H and O–H groups in total. The first kappa shape index (κ1) is 18.6. The third-order valence-corrected chi connectivity index (χ3v) is 6.46. The van der Waals surface area contributed by atoms with Crippen LogP contribution in [-0.4, -0.2) is 37.1 Å². The highest BCUT2D eigenvalue weighted by atomic mass is 32.2. The summed E-state index contributed by atoms with van der Waals surface area (Å²) in [6.45, 7) is 5.70. The minimum atomic E-state index is -0.429. The van der Waals surface area contributed by atoms with Crippen molar-refractivity contribution in [2.75, 3.05) is 6.61 Å². The molecule has 0 aliphatic heterocycles. The second-order valence-corrected chi connectivity index (χ2v) is 8.39. The zero-order valence-corrected chi connectivity index (χ0v) is 17.1. The third-order valence-electron chi connectivity index (χ3n) is 4.23. The molecule has 10 heteroatoms. The Morgan fingerprint density at radius 1 is 1.39 bits per heavy atom. The number of thiophene rings is 1. The summed E-state index contributed by atoms with van der Waals surface area (Å²) in [6.07, 6.45) is 1.89. The lowest BCUT2D eigenvalue weighted by molar-refractivity contribution is 0.0531. The van der Waals surface area contributed by atoms with Gasteiger partial charge in [0.05, 0.1) is 17.2 Å². The molecule has 0 saturated carbocycles. The van der Waals surface area contributed by atoms with Gasteiger partial charge in [-0.25, -0.2) is 9.78 Å². The maximum Gasteiger partial charge on any atom is 0.348 e. The molecule has 0 fully saturated rings. The summed E-state index contributed by atoms with van der Waals surface area (Å²) in [5.74, 6) is 0.0909. The van der Waals surface area contributed by atoms with Gasteiger partial charge in [-0.2, -0.15) is 0 Å². The number of carbonyl (C=O) groups excluding carboxylic acids is 1. The fourth-order valence-electron chi connectivity index (χ4n) is 2.86. The van der Waals surface area contributed by atoms with E-state index in [1.54, 1.807) is 13.8 Å². The highest BCUT2D eigenvalue weighted by Gasteiger charge is 2.22. The summed E-state index contributed by atoms with van der Waals surface area (Å²) in [6, 6.07) is 5.68. The summed E-state index contributed by atoms with van der Waals surface area (Å²) in [7, 11) is 0. The average Bonchev–Trinajstić information content (AvgIpc) is 3.23. The van der Waals surface area contributed by atoms with Gasteiger partial charge in [-0.15, -0.1) is 21.5 Å². The van der Waals surface area contributed by atoms with Gasteiger partial charge in [-0.1, -0.05) is 17.8 Å². The molecule has 4 rings (SSSR count). The molecule has 0 spiro atoms. The molecular formula is C18H17N5O3S2. The van der Waals surface area contributed by atoms with E-state index < -0.39 is 5.97 Å². The number of hydrogen-bond acceptors (Lipinski definition) is 8. The molecule has 0 aliphatic rings. The van der Waals surface area contributed by atoms with Gasteiger partial charge in [-0.05, 0) is 38.5 Å². The molecule has 0 aliphatic carbocycles. The number of carbonyl (C=O) groups is 1. The number of aromatic nitrogens is 5. The molecule has 1 atom stereocenters. The van der Waals surface area contributed by atoms with Crippen LogP contribution in [0.15, 0.2) is 34.3 Å². The molecule has 0 radical (unpaired) electrons. The first-order valence-electron chi connectivity index (χ1n) is 8.66. The lowest BCUT2D eigenvalue weighted by Crippen LogP contribution is -2.13. The lowest BCUT2D eigenvalue weighted by atomic mass is 10.2. The highest BCUT2D eigenvalue weighted by Crippen LogP contribution is 2.34. The largest absolute Gasteiger partial charge is 0.462 e. The number of H-pyrrole nitrogens is 1. The SMILES string of the molecule is CCOC(=O)c1sc2nc([C@H](C)Sc3nnc4ccccn34)[nH]c(=O)c2c1C. The van der Waals surface area contributed by atoms with Gasteiger partial charge >= 0.3 is 5.97 Å². The number of fused-ring (bicyclic) bond motifs is 2. The Balaban J connectivity index is 1.70. The number of thioether (sulfide) groups is 1. The number of hydrogen-bond donors (Lipinski definition) is 1. The first-order valence-corrected chi connectivity index (χ1v) is 10.4. The molecule has 0 aromatic carbocycles. The summed E-state index contributed by atoms with van der Waals surface area (Å²) in [4.78, 5) is 33.2. The number of nitrogens with one attached hydrogen (secondary N) is 1. The van der Waals surface area contributed by atoms with E-state index in [1.165, 1.54) is 23.1 Å². The Hall–Kier alpha value is -2.72. The molecule has 0 unspecified atom stereocenters. The number of aromatic amines is 1. The van der Waals surface area contributed by atoms with E-state index in [4.69, 9.17) is 4.74 Å². The van der Waals surface area contributed by atoms with Crippen molar-refractivity contribution in [3.8, 4) is 0 Å². The number of rotatable bonds is 5. The van der Waals surface area contributed by atoms with Crippen LogP contribution in [0.4, 0.5) is 0 Å². The van der Waals surface area contributed by atoms with Gasteiger partial charge in [0.1, 0.15) is 15.5 Å². The Morgan fingerprint density at radius 2 is 2.21 bits per heavy atom. The molecule has 0 amide bonds. The van der Waals surface area contributed by atoms with Crippen molar-refractivity contribution in [2.24, 2.45) is 0 Å². The Kier molecular flexibility index (Phi) is 4.90. The van der Waals surface area contributed by atoms with Crippen LogP contribution in [0.1, 0.15) is 40.2 Å². The van der Waals surface area contributed by atoms with Crippen molar-refractivity contribution in [1.29, 1.82) is 0 Å². The minimum absolute atomic E-state index is 0.168. The second kappa shape index (κ2) is 7.36. The molecule has 144 valence electrons. The molecule has 8 nitrogen and oxygen atoms in total. The van der Waals surface area contributed by atoms with Crippen LogP contribution < -0.4 is 5.56 Å². The highest BCUT2D eigenvalue weighted by molar-refractivity contribution is 7.99. The molecule has 0 bridgehead atoms. The lowest BCUT2D eigenvalue weighted by Gasteiger charge is -2.09. The number of ether oxygens (including phenoxy) is 1. The van der Waals surface area contributed by atoms with Crippen molar-refractivity contribution in [3.05, 3.63) is 51.0 Å². The molecule has 4 aromatic heterocycles. The predicted octanol–water partition coefficient (Wildman–Crippen LogP) is 3.37. The van der Waals surface area contributed by atoms with E-state index >= 15 is 0 Å². The Labute approximate surface area is 168 Å². The van der Waals surface area contributed by atoms with Crippen molar-refractivity contribution in [1.82, 2.24) is 24.6 Å². The number of aryl methyl sites for hydroxylation is 1. The fraction of sp³-hybridized carbons (Fsp3) is 0.278. The van der Waals surface area contributed by atoms with Gasteiger partial charge in [-0.3, -0.25) is 9.20 Å². The third kappa shape index (κ3) is 3.18. The normalized spacial score (nSPS) is 12.5. The van der Waals surface area contributed by atoms with E-state index in [-0.39, 0.29) is 17.4 Å². The summed E-state index contributed by atoms with van der Waals surface area (Å²) in [5.41, 5.74) is 1.09. The van der Waals surface area contributed by atoms with Gasteiger partial charge in [0, 0.05) is 6.20 Å². The average molecular weight is 416 g/mol. The smallest absolute Gasteiger partial charge is 0.348 e. The summed E-state index contributed by atoms with van der Waals surface area (Å²) < 4.78 is 6.96. The predicted molar refractivity (Wildman–Crippen MR) is 108 cm³/mol. The quantitative estimate of drug-likeness (QED) is 0.394. The maximum absolute atomic E-state index is 12.6. The monoisotopic (exact) mass is 415 g/mol. The summed E-state index contributed by atoms with van der Waals surface area (Å²) >= 11 is 2.63. The topological polar surface area (TPSA) is 102 Å². The number of esters is 1. The van der Waals surface area contributed by atoms with Crippen LogP contribution in [0.5, 0.6) is 0 Å². The van der Waals surface area contributed by atoms with Crippen LogP contribution in [0, 0.1) is 6.92 Å². The number of nitrogens with zero attached hydrogens (tertiary/aromatic N) is 4. The Morgan fingerprint density at radius 3 is 3.00 bits per heavy atom. The van der Waals surface area contributed by atoms with Gasteiger partial charge in [0.15, 0.2) is 10.8 Å². The molecule has 28 heavy (non-hydrogen) atoms. The van der Waals surface area contributed by atoms with Crippen LogP contribution >= 0.6 is 23.1 Å². The van der Waals surface area contributed by atoms with Crippen LogP contribution in [-0.2, 0) is 4.74 Å². The fourth-order valence-corrected chi connectivity index (χ4v) is 4.84. The van der Waals surface area contributed by atoms with E-state index in [0.717, 1.165) is 5.65 Å². The summed E-state index contributed by atoms with van der Waals surface area (Å²) in [5, 5.41) is 9.31. The Bertz CT molecular complexity index is 1240. The number of pyridine rings is 1. The maximum atomic E-state index is 12.6. The first-order chi connectivity index (χ1) is 13.5. The van der Waals surface area contributed by atoms with Gasteiger partial charge in [0.2, 0.25) is 0 Å². The van der Waals surface area contributed by atoms with E-state index in [9.17, 15) is 9.59 Å². The zero-order chi connectivity index (χ0) is 19.8. The van der Waals surface area contributed by atoms with E-state index in [1.807, 2.05) is 35.7 Å². The molecule has 4 aromatic rings. The molecular weight excluding hydrogens is 398 g/mol. The van der Waals surface area contributed by atoms with Crippen LogP contribution in [0.25, 0.3) is 15.9 Å². The van der Waals surface area contributed by atoms with Gasteiger partial charge in [0.25, 0.3) is 5.56 Å². The van der Waals surface area contributed by atoms with Gasteiger partial charge < -0.3 is 9.72 Å². The standard InChI is InChI=1S/C18H17N5O3S2/c1-4-26-17(25)13-9(2)12-15(24)19-14(20-16(12)28-13)10(3)27-18-22-21-11-7-5-6-8-23(11)18/h5-8,10H,4H2,1-3H3,(H,19,20,24)/t10-/m0/s1. The minimum Gasteiger partial charge on any atom is -0.462 e. The van der Waals surface area contributed by atoms with Crippen LogP contribution in [0.3, 0.4) is 0 Å². The van der Waals surface area contributed by atoms with Crippen LogP contribution in [0.2, 0.25) is 0 Å². The van der Waals surface area contributed by atoms with Crippen molar-refractivity contribution in [3.63, 3.8) is 0 Å². The molecule has 4 heterocycles. The van der Waals surface area contributed by atoms with E-state index in [0.29, 0.717) is 31.6 Å². The second-order valence-electron chi connectivity index (χ2n) is 6.08. The molecule has 0 saturated heterocycles.